The average Bonchev–Trinajstić information content (AvgIpc) is 2.43. The van der Waals surface area contributed by atoms with E-state index >= 15 is 0 Å². The highest BCUT2D eigenvalue weighted by Crippen LogP contribution is 2.20. The van der Waals surface area contributed by atoms with E-state index in [2.05, 4.69) is 5.32 Å². The third-order valence-corrected chi connectivity index (χ3v) is 3.81. The fourth-order valence-corrected chi connectivity index (χ4v) is 2.72. The number of benzene rings is 1. The highest BCUT2D eigenvalue weighted by Gasteiger charge is 2.27. The largest absolute Gasteiger partial charge is 0.341 e. The van der Waals surface area contributed by atoms with E-state index in [4.69, 9.17) is 0 Å². The molecule has 1 fully saturated rings. The maximum atomic E-state index is 13.2. The van der Waals surface area contributed by atoms with Crippen LogP contribution in [0.25, 0.3) is 0 Å². The first-order valence-electron chi connectivity index (χ1n) is 7.00. The first-order chi connectivity index (χ1) is 9.88. The molecule has 1 aliphatic heterocycles. The Morgan fingerprint density at radius 1 is 1.32 bits per heavy atom. The second-order valence-corrected chi connectivity index (χ2v) is 5.64. The smallest absolute Gasteiger partial charge is 0.225 e. The number of carbonyl (C=O) groups is 1. The summed E-state index contributed by atoms with van der Waals surface area (Å²) in [5.41, 5.74) is 0.240. The fourth-order valence-electron chi connectivity index (χ4n) is 2.72. The van der Waals surface area contributed by atoms with Gasteiger partial charge in [0.2, 0.25) is 5.91 Å². The summed E-state index contributed by atoms with van der Waals surface area (Å²) in [5.74, 6) is -4.09. The van der Waals surface area contributed by atoms with Gasteiger partial charge in [-0.15, -0.1) is 12.4 Å². The van der Waals surface area contributed by atoms with Crippen LogP contribution in [-0.2, 0) is 11.3 Å². The highest BCUT2D eigenvalue weighted by molar-refractivity contribution is 5.85. The van der Waals surface area contributed by atoms with Gasteiger partial charge in [-0.05, 0) is 44.0 Å². The molecule has 1 N–H and O–H groups in total. The lowest BCUT2D eigenvalue weighted by Crippen LogP contribution is -2.42. The van der Waals surface area contributed by atoms with Gasteiger partial charge in [-0.25, -0.2) is 13.2 Å². The Kier molecular flexibility index (Phi) is 6.68. The Labute approximate surface area is 134 Å². The van der Waals surface area contributed by atoms with Gasteiger partial charge in [0.25, 0.3) is 0 Å². The molecule has 0 saturated carbocycles. The van der Waals surface area contributed by atoms with Crippen molar-refractivity contribution >= 4 is 18.3 Å². The Morgan fingerprint density at radius 2 is 1.91 bits per heavy atom. The van der Waals surface area contributed by atoms with Crippen molar-refractivity contribution in [2.24, 2.45) is 5.92 Å². The van der Waals surface area contributed by atoms with Crippen molar-refractivity contribution in [2.45, 2.75) is 32.4 Å². The minimum absolute atomic E-state index is 0. The van der Waals surface area contributed by atoms with Gasteiger partial charge in [0.1, 0.15) is 0 Å². The van der Waals surface area contributed by atoms with Gasteiger partial charge in [-0.2, -0.15) is 0 Å². The van der Waals surface area contributed by atoms with Crippen molar-refractivity contribution in [3.05, 3.63) is 35.1 Å². The van der Waals surface area contributed by atoms with Gasteiger partial charge in [0.05, 0.1) is 0 Å². The minimum Gasteiger partial charge on any atom is -0.341 e. The molecule has 1 aromatic rings. The van der Waals surface area contributed by atoms with Crippen molar-refractivity contribution in [1.82, 2.24) is 10.2 Å². The zero-order chi connectivity index (χ0) is 15.6. The molecule has 0 spiro atoms. The van der Waals surface area contributed by atoms with Crippen molar-refractivity contribution in [3.8, 4) is 0 Å². The van der Waals surface area contributed by atoms with Crippen LogP contribution in [0.2, 0.25) is 0 Å². The number of piperidine rings is 1. The quantitative estimate of drug-likeness (QED) is 0.861. The van der Waals surface area contributed by atoms with E-state index in [0.717, 1.165) is 31.5 Å². The molecular weight excluding hydrogens is 317 g/mol. The van der Waals surface area contributed by atoms with Crippen molar-refractivity contribution in [2.75, 3.05) is 13.6 Å². The van der Waals surface area contributed by atoms with Crippen molar-refractivity contribution in [1.29, 1.82) is 0 Å². The van der Waals surface area contributed by atoms with Crippen LogP contribution in [-0.4, -0.2) is 30.4 Å². The maximum absolute atomic E-state index is 13.2. The average molecular weight is 337 g/mol. The zero-order valence-electron chi connectivity index (χ0n) is 12.5. The van der Waals surface area contributed by atoms with Crippen LogP contribution in [0, 0.1) is 23.4 Å². The second kappa shape index (κ2) is 7.83. The minimum atomic E-state index is -1.49. The van der Waals surface area contributed by atoms with Gasteiger partial charge >= 0.3 is 0 Å². The standard InChI is InChI=1S/C15H19F3N2O.ClH/c1-9-5-11(3-4-19-9)15(21)20(2)8-10-6-12(16)14(18)13(17)7-10;/h6-7,9,11,19H,3-5,8H2,1-2H3;1H/t9-,11-;/m0./s1. The topological polar surface area (TPSA) is 32.3 Å². The molecule has 0 aliphatic carbocycles. The predicted octanol–water partition coefficient (Wildman–Crippen LogP) is 2.87. The molecule has 7 heteroatoms. The van der Waals surface area contributed by atoms with Gasteiger partial charge in [0.15, 0.2) is 17.5 Å². The summed E-state index contributed by atoms with van der Waals surface area (Å²) in [7, 11) is 1.59. The van der Waals surface area contributed by atoms with Gasteiger partial charge in [0, 0.05) is 25.6 Å². The van der Waals surface area contributed by atoms with Crippen LogP contribution in [0.15, 0.2) is 12.1 Å². The van der Waals surface area contributed by atoms with Crippen LogP contribution in [0.5, 0.6) is 0 Å². The van der Waals surface area contributed by atoms with E-state index in [9.17, 15) is 18.0 Å². The Bertz CT molecular complexity index is 519. The number of halogens is 4. The van der Waals surface area contributed by atoms with E-state index < -0.39 is 17.5 Å². The third kappa shape index (κ3) is 4.36. The summed E-state index contributed by atoms with van der Waals surface area (Å²) in [4.78, 5) is 13.8. The van der Waals surface area contributed by atoms with Gasteiger partial charge < -0.3 is 10.2 Å². The van der Waals surface area contributed by atoms with Crippen molar-refractivity contribution < 1.29 is 18.0 Å². The summed E-state index contributed by atoms with van der Waals surface area (Å²) >= 11 is 0. The first-order valence-corrected chi connectivity index (χ1v) is 7.00. The van der Waals surface area contributed by atoms with Gasteiger partial charge in [-0.3, -0.25) is 4.79 Å². The summed E-state index contributed by atoms with van der Waals surface area (Å²) < 4.78 is 39.2. The van der Waals surface area contributed by atoms with E-state index in [0.29, 0.717) is 0 Å². The molecule has 1 aromatic carbocycles. The molecule has 2 rings (SSSR count). The molecule has 2 atom stereocenters. The molecule has 1 amide bonds. The monoisotopic (exact) mass is 336 g/mol. The highest BCUT2D eigenvalue weighted by atomic mass is 35.5. The number of amides is 1. The van der Waals surface area contributed by atoms with Gasteiger partial charge in [-0.1, -0.05) is 0 Å². The number of rotatable bonds is 3. The molecule has 1 heterocycles. The molecule has 22 heavy (non-hydrogen) atoms. The number of nitrogens with zero attached hydrogens (tertiary/aromatic N) is 1. The molecule has 0 radical (unpaired) electrons. The number of hydrogen-bond acceptors (Lipinski definition) is 2. The summed E-state index contributed by atoms with van der Waals surface area (Å²) in [6.07, 6.45) is 1.50. The molecule has 0 unspecified atom stereocenters. The summed E-state index contributed by atoms with van der Waals surface area (Å²) in [6, 6.07) is 2.13. The lowest BCUT2D eigenvalue weighted by atomic mass is 9.92. The Hall–Kier alpha value is -1.27. The zero-order valence-corrected chi connectivity index (χ0v) is 13.4. The second-order valence-electron chi connectivity index (χ2n) is 5.64. The Balaban J connectivity index is 0.00000242. The van der Waals surface area contributed by atoms with E-state index in [-0.39, 0.29) is 42.4 Å². The predicted molar refractivity (Wildman–Crippen MR) is 80.2 cm³/mol. The van der Waals surface area contributed by atoms with E-state index in [1.54, 1.807) is 7.05 Å². The number of carbonyl (C=O) groups excluding carboxylic acids is 1. The van der Waals surface area contributed by atoms with E-state index in [1.165, 1.54) is 4.90 Å². The van der Waals surface area contributed by atoms with E-state index in [1.807, 2.05) is 6.92 Å². The fraction of sp³-hybridized carbons (Fsp3) is 0.533. The van der Waals surface area contributed by atoms with Crippen LogP contribution < -0.4 is 5.32 Å². The summed E-state index contributed by atoms with van der Waals surface area (Å²) in [6.45, 7) is 2.86. The van der Waals surface area contributed by atoms with Crippen LogP contribution >= 0.6 is 12.4 Å². The maximum Gasteiger partial charge on any atom is 0.225 e. The SMILES string of the molecule is C[C@H]1C[C@@H](C(=O)N(C)Cc2cc(F)c(F)c(F)c2)CCN1.Cl. The van der Waals surface area contributed by atoms with Crippen molar-refractivity contribution in [3.63, 3.8) is 0 Å². The summed E-state index contributed by atoms with van der Waals surface area (Å²) in [5, 5.41) is 3.27. The third-order valence-electron chi connectivity index (χ3n) is 3.81. The molecule has 3 nitrogen and oxygen atoms in total. The van der Waals surface area contributed by atoms with Crippen LogP contribution in [0.1, 0.15) is 25.3 Å². The molecule has 1 saturated heterocycles. The molecule has 0 bridgehead atoms. The normalized spacial score (nSPS) is 21.1. The molecule has 1 aliphatic rings. The van der Waals surface area contributed by atoms with Crippen LogP contribution in [0.4, 0.5) is 13.2 Å². The molecule has 124 valence electrons. The number of hydrogen-bond donors (Lipinski definition) is 1. The lowest BCUT2D eigenvalue weighted by molar-refractivity contribution is -0.135. The number of nitrogens with one attached hydrogen (secondary N) is 1. The van der Waals surface area contributed by atoms with Crippen LogP contribution in [0.3, 0.4) is 0 Å². The molecule has 0 aromatic heterocycles. The first kappa shape index (κ1) is 18.8. The Morgan fingerprint density at radius 3 is 2.45 bits per heavy atom. The molecular formula is C15H20ClF3N2O. The lowest BCUT2D eigenvalue weighted by Gasteiger charge is -2.30.